The van der Waals surface area contributed by atoms with Crippen LogP contribution < -0.4 is 4.74 Å². The van der Waals surface area contributed by atoms with Gasteiger partial charge in [-0.25, -0.2) is 4.98 Å². The Bertz CT molecular complexity index is 801. The molecule has 1 aromatic heterocycles. The standard InChI is InChI=1S/C19H22N2O2/c1-13-10-14(2)12-16(11-13)23-9-8-21-18-7-5-4-6-17(18)20-19(21)15(3)22/h4-7,10-12,15,22H,8-9H2,1-3H3/t15-/m1/s1. The van der Waals surface area contributed by atoms with Gasteiger partial charge in [-0.05, 0) is 56.2 Å². The van der Waals surface area contributed by atoms with E-state index in [1.165, 1.54) is 11.1 Å². The van der Waals surface area contributed by atoms with E-state index in [9.17, 15) is 5.11 Å². The summed E-state index contributed by atoms with van der Waals surface area (Å²) in [7, 11) is 0. The molecule has 3 aromatic rings. The highest BCUT2D eigenvalue weighted by Crippen LogP contribution is 2.21. The summed E-state index contributed by atoms with van der Waals surface area (Å²) >= 11 is 0. The largest absolute Gasteiger partial charge is 0.492 e. The number of benzene rings is 2. The van der Waals surface area contributed by atoms with Gasteiger partial charge in [0.25, 0.3) is 0 Å². The zero-order chi connectivity index (χ0) is 16.4. The lowest BCUT2D eigenvalue weighted by Gasteiger charge is -2.13. The lowest BCUT2D eigenvalue weighted by Crippen LogP contribution is -2.13. The Morgan fingerprint density at radius 2 is 1.83 bits per heavy atom. The molecule has 0 saturated carbocycles. The monoisotopic (exact) mass is 310 g/mol. The van der Waals surface area contributed by atoms with E-state index in [4.69, 9.17) is 4.74 Å². The summed E-state index contributed by atoms with van der Waals surface area (Å²) in [6, 6.07) is 14.1. The summed E-state index contributed by atoms with van der Waals surface area (Å²) < 4.78 is 7.92. The number of imidazole rings is 1. The number of para-hydroxylation sites is 2. The van der Waals surface area contributed by atoms with Crippen LogP contribution in [0, 0.1) is 13.8 Å². The number of hydrogen-bond acceptors (Lipinski definition) is 3. The van der Waals surface area contributed by atoms with Crippen LogP contribution in [0.15, 0.2) is 42.5 Å². The van der Waals surface area contributed by atoms with E-state index in [0.717, 1.165) is 16.8 Å². The molecule has 0 bridgehead atoms. The Hall–Kier alpha value is -2.33. The van der Waals surface area contributed by atoms with E-state index in [1.807, 2.05) is 41.0 Å². The third kappa shape index (κ3) is 3.37. The highest BCUT2D eigenvalue weighted by Gasteiger charge is 2.14. The zero-order valence-corrected chi connectivity index (χ0v) is 13.8. The summed E-state index contributed by atoms with van der Waals surface area (Å²) in [6.07, 6.45) is -0.608. The Morgan fingerprint density at radius 1 is 1.13 bits per heavy atom. The van der Waals surface area contributed by atoms with Gasteiger partial charge in [-0.1, -0.05) is 18.2 Å². The van der Waals surface area contributed by atoms with Crippen molar-refractivity contribution in [1.82, 2.24) is 9.55 Å². The lowest BCUT2D eigenvalue weighted by molar-refractivity contribution is 0.181. The summed E-state index contributed by atoms with van der Waals surface area (Å²) in [6.45, 7) is 7.04. The molecule has 0 amide bonds. The van der Waals surface area contributed by atoms with Crippen molar-refractivity contribution in [3.8, 4) is 5.75 Å². The molecule has 23 heavy (non-hydrogen) atoms. The van der Waals surface area contributed by atoms with Gasteiger partial charge in [0.1, 0.15) is 24.3 Å². The van der Waals surface area contributed by atoms with Crippen LogP contribution in [0.1, 0.15) is 30.0 Å². The van der Waals surface area contributed by atoms with Gasteiger partial charge in [0.05, 0.1) is 17.6 Å². The van der Waals surface area contributed by atoms with Crippen LogP contribution in [0.5, 0.6) is 5.75 Å². The summed E-state index contributed by atoms with van der Waals surface area (Å²) in [4.78, 5) is 4.52. The van der Waals surface area contributed by atoms with Crippen molar-refractivity contribution in [2.75, 3.05) is 6.61 Å². The summed E-state index contributed by atoms with van der Waals surface area (Å²) in [5, 5.41) is 9.97. The number of aryl methyl sites for hydroxylation is 2. The first kappa shape index (κ1) is 15.6. The van der Waals surface area contributed by atoms with E-state index < -0.39 is 6.10 Å². The molecule has 0 aliphatic heterocycles. The van der Waals surface area contributed by atoms with E-state index in [2.05, 4.69) is 24.9 Å². The van der Waals surface area contributed by atoms with E-state index in [-0.39, 0.29) is 0 Å². The predicted molar refractivity (Wildman–Crippen MR) is 91.8 cm³/mol. The molecule has 0 unspecified atom stereocenters. The minimum absolute atomic E-state index is 0.531. The molecule has 0 aliphatic carbocycles. The van der Waals surface area contributed by atoms with Gasteiger partial charge in [-0.3, -0.25) is 0 Å². The van der Waals surface area contributed by atoms with Gasteiger partial charge in [0.2, 0.25) is 0 Å². The van der Waals surface area contributed by atoms with Crippen LogP contribution >= 0.6 is 0 Å². The molecular weight excluding hydrogens is 288 g/mol. The molecule has 1 atom stereocenters. The number of hydrogen-bond donors (Lipinski definition) is 1. The van der Waals surface area contributed by atoms with Gasteiger partial charge >= 0.3 is 0 Å². The molecule has 1 heterocycles. The fourth-order valence-electron chi connectivity index (χ4n) is 2.92. The minimum atomic E-state index is -0.608. The predicted octanol–water partition coefficient (Wildman–Crippen LogP) is 3.79. The van der Waals surface area contributed by atoms with Crippen LogP contribution in [0.2, 0.25) is 0 Å². The Labute approximate surface area is 136 Å². The van der Waals surface area contributed by atoms with Crippen molar-refractivity contribution in [2.45, 2.75) is 33.4 Å². The van der Waals surface area contributed by atoms with E-state index >= 15 is 0 Å². The smallest absolute Gasteiger partial charge is 0.138 e. The van der Waals surface area contributed by atoms with Crippen molar-refractivity contribution < 1.29 is 9.84 Å². The second-order valence-corrected chi connectivity index (χ2v) is 5.96. The maximum atomic E-state index is 9.97. The molecular formula is C19H22N2O2. The Morgan fingerprint density at radius 3 is 2.52 bits per heavy atom. The number of aliphatic hydroxyl groups is 1. The molecule has 4 nitrogen and oxygen atoms in total. The number of aliphatic hydroxyl groups excluding tert-OH is 1. The average molecular weight is 310 g/mol. The van der Waals surface area contributed by atoms with Crippen LogP contribution in [-0.2, 0) is 6.54 Å². The zero-order valence-electron chi connectivity index (χ0n) is 13.8. The highest BCUT2D eigenvalue weighted by molar-refractivity contribution is 5.76. The van der Waals surface area contributed by atoms with Crippen LogP contribution in [-0.4, -0.2) is 21.3 Å². The van der Waals surface area contributed by atoms with Crippen molar-refractivity contribution in [2.24, 2.45) is 0 Å². The lowest BCUT2D eigenvalue weighted by atomic mass is 10.1. The minimum Gasteiger partial charge on any atom is -0.492 e. The fraction of sp³-hybridized carbons (Fsp3) is 0.316. The summed E-state index contributed by atoms with van der Waals surface area (Å²) in [5.41, 5.74) is 4.30. The molecule has 0 saturated heterocycles. The first-order chi connectivity index (χ1) is 11.0. The van der Waals surface area contributed by atoms with Gasteiger partial charge in [-0.15, -0.1) is 0 Å². The number of nitrogens with zero attached hydrogens (tertiary/aromatic N) is 2. The maximum absolute atomic E-state index is 9.97. The van der Waals surface area contributed by atoms with E-state index in [1.54, 1.807) is 6.92 Å². The van der Waals surface area contributed by atoms with Gasteiger partial charge in [-0.2, -0.15) is 0 Å². The average Bonchev–Trinajstić information content (AvgIpc) is 2.86. The number of aromatic nitrogens is 2. The first-order valence-electron chi connectivity index (χ1n) is 7.89. The molecule has 3 rings (SSSR count). The maximum Gasteiger partial charge on any atom is 0.138 e. The molecule has 0 spiro atoms. The normalized spacial score (nSPS) is 12.5. The summed E-state index contributed by atoms with van der Waals surface area (Å²) in [5.74, 6) is 1.56. The molecule has 120 valence electrons. The van der Waals surface area contributed by atoms with Gasteiger partial charge in [0, 0.05) is 0 Å². The van der Waals surface area contributed by atoms with Crippen molar-refractivity contribution in [1.29, 1.82) is 0 Å². The van der Waals surface area contributed by atoms with Crippen molar-refractivity contribution in [3.05, 3.63) is 59.4 Å². The molecule has 4 heteroatoms. The third-order valence-electron chi connectivity index (χ3n) is 3.84. The van der Waals surface area contributed by atoms with E-state index in [0.29, 0.717) is 19.0 Å². The second kappa shape index (κ2) is 6.42. The third-order valence-corrected chi connectivity index (χ3v) is 3.84. The fourth-order valence-corrected chi connectivity index (χ4v) is 2.92. The number of ether oxygens (including phenoxy) is 1. The molecule has 1 N–H and O–H groups in total. The van der Waals surface area contributed by atoms with Gasteiger partial charge < -0.3 is 14.4 Å². The van der Waals surface area contributed by atoms with Crippen LogP contribution in [0.25, 0.3) is 11.0 Å². The molecule has 0 fully saturated rings. The SMILES string of the molecule is Cc1cc(C)cc(OCCn2c([C@@H](C)O)nc3ccccc32)c1. The van der Waals surface area contributed by atoms with Crippen LogP contribution in [0.4, 0.5) is 0 Å². The number of rotatable bonds is 5. The quantitative estimate of drug-likeness (QED) is 0.780. The van der Waals surface area contributed by atoms with Crippen molar-refractivity contribution in [3.63, 3.8) is 0 Å². The van der Waals surface area contributed by atoms with Crippen LogP contribution in [0.3, 0.4) is 0 Å². The van der Waals surface area contributed by atoms with Gasteiger partial charge in [0.15, 0.2) is 0 Å². The molecule has 2 aromatic carbocycles. The Balaban J connectivity index is 1.80. The highest BCUT2D eigenvalue weighted by atomic mass is 16.5. The number of fused-ring (bicyclic) bond motifs is 1. The molecule has 0 radical (unpaired) electrons. The second-order valence-electron chi connectivity index (χ2n) is 5.96. The topological polar surface area (TPSA) is 47.3 Å². The molecule has 0 aliphatic rings. The van der Waals surface area contributed by atoms with Crippen molar-refractivity contribution >= 4 is 11.0 Å². The Kier molecular flexibility index (Phi) is 4.35. The first-order valence-corrected chi connectivity index (χ1v) is 7.89.